The van der Waals surface area contributed by atoms with E-state index in [1.165, 1.54) is 0 Å². The highest BCUT2D eigenvalue weighted by Crippen LogP contribution is 2.25. The Morgan fingerprint density at radius 3 is 2.62 bits per heavy atom. The first-order chi connectivity index (χ1) is 11.5. The summed E-state index contributed by atoms with van der Waals surface area (Å²) in [6.07, 6.45) is 0.823. The van der Waals surface area contributed by atoms with E-state index in [9.17, 15) is 4.79 Å². The van der Waals surface area contributed by atoms with E-state index in [1.54, 1.807) is 7.11 Å². The molecule has 6 heteroatoms. The van der Waals surface area contributed by atoms with Crippen LogP contribution in [-0.2, 0) is 9.53 Å². The minimum atomic E-state index is -0.172. The van der Waals surface area contributed by atoms with E-state index in [-0.39, 0.29) is 18.1 Å². The van der Waals surface area contributed by atoms with Crippen molar-refractivity contribution in [2.45, 2.75) is 32.4 Å². The van der Waals surface area contributed by atoms with E-state index in [2.05, 4.69) is 10.4 Å². The Morgan fingerprint density at radius 1 is 1.29 bits per heavy atom. The second-order valence-electron chi connectivity index (χ2n) is 6.33. The Bertz CT molecular complexity index is 726. The number of rotatable bonds is 4. The maximum Gasteiger partial charge on any atom is 0.241 e. The van der Waals surface area contributed by atoms with Crippen LogP contribution < -0.4 is 5.32 Å². The van der Waals surface area contributed by atoms with Crippen molar-refractivity contribution < 1.29 is 9.53 Å². The van der Waals surface area contributed by atoms with Gasteiger partial charge in [0.15, 0.2) is 0 Å². The predicted molar refractivity (Wildman–Crippen MR) is 93.5 cm³/mol. The fourth-order valence-electron chi connectivity index (χ4n) is 3.28. The standard InChI is InChI=1S/C18H24N4O2/c1-12-17(13(2)22(20-12)14-8-6-5-7-9-14)19-18(23)16-10-15(24-4)11-21(16)3/h5-9,15-16H,10-11H2,1-4H3,(H,19,23)/t15-,16-/m0/s1. The number of amides is 1. The maximum absolute atomic E-state index is 12.7. The number of aryl methyl sites for hydroxylation is 1. The smallest absolute Gasteiger partial charge is 0.241 e. The van der Waals surface area contributed by atoms with Crippen molar-refractivity contribution in [1.29, 1.82) is 0 Å². The Morgan fingerprint density at radius 2 is 2.00 bits per heavy atom. The van der Waals surface area contributed by atoms with Gasteiger partial charge >= 0.3 is 0 Å². The zero-order valence-corrected chi connectivity index (χ0v) is 14.6. The van der Waals surface area contributed by atoms with Crippen molar-refractivity contribution in [1.82, 2.24) is 14.7 Å². The maximum atomic E-state index is 12.7. The summed E-state index contributed by atoms with van der Waals surface area (Å²) >= 11 is 0. The number of anilines is 1. The highest BCUT2D eigenvalue weighted by Gasteiger charge is 2.35. The zero-order chi connectivity index (χ0) is 17.3. The summed E-state index contributed by atoms with van der Waals surface area (Å²) in [6.45, 7) is 4.66. The Labute approximate surface area is 142 Å². The van der Waals surface area contributed by atoms with E-state index in [1.807, 2.05) is 60.8 Å². The van der Waals surface area contributed by atoms with Gasteiger partial charge in [-0.05, 0) is 39.4 Å². The number of nitrogens with zero attached hydrogens (tertiary/aromatic N) is 3. The fraction of sp³-hybridized carbons (Fsp3) is 0.444. The van der Waals surface area contributed by atoms with Crippen molar-refractivity contribution in [3.05, 3.63) is 41.7 Å². The number of nitrogens with one attached hydrogen (secondary N) is 1. The highest BCUT2D eigenvalue weighted by atomic mass is 16.5. The van der Waals surface area contributed by atoms with E-state index in [0.29, 0.717) is 6.42 Å². The summed E-state index contributed by atoms with van der Waals surface area (Å²) in [4.78, 5) is 14.7. The molecule has 6 nitrogen and oxygen atoms in total. The van der Waals surface area contributed by atoms with Gasteiger partial charge in [0.25, 0.3) is 0 Å². The molecule has 1 fully saturated rings. The van der Waals surface area contributed by atoms with Crippen molar-refractivity contribution in [2.24, 2.45) is 0 Å². The summed E-state index contributed by atoms with van der Waals surface area (Å²) < 4.78 is 7.25. The molecule has 1 aromatic carbocycles. The number of benzene rings is 1. The molecule has 1 aromatic heterocycles. The molecule has 128 valence electrons. The average molecular weight is 328 g/mol. The molecule has 1 N–H and O–H groups in total. The lowest BCUT2D eigenvalue weighted by Gasteiger charge is -2.18. The monoisotopic (exact) mass is 328 g/mol. The number of para-hydroxylation sites is 1. The summed E-state index contributed by atoms with van der Waals surface area (Å²) in [7, 11) is 3.65. The summed E-state index contributed by atoms with van der Waals surface area (Å²) in [5.41, 5.74) is 3.51. The molecule has 1 aliphatic heterocycles. The minimum absolute atomic E-state index is 0.00383. The molecule has 1 aliphatic rings. The van der Waals surface area contributed by atoms with Crippen molar-refractivity contribution in [3.63, 3.8) is 0 Å². The molecule has 0 saturated carbocycles. The van der Waals surface area contributed by atoms with Crippen LogP contribution in [0.5, 0.6) is 0 Å². The van der Waals surface area contributed by atoms with Crippen LogP contribution in [0.4, 0.5) is 5.69 Å². The number of likely N-dealkylation sites (tertiary alicyclic amines) is 1. The Kier molecular flexibility index (Phi) is 4.69. The van der Waals surface area contributed by atoms with Crippen LogP contribution in [0.2, 0.25) is 0 Å². The number of carbonyl (C=O) groups excluding carboxylic acids is 1. The van der Waals surface area contributed by atoms with Gasteiger partial charge in [-0.3, -0.25) is 9.69 Å². The zero-order valence-electron chi connectivity index (χ0n) is 14.6. The van der Waals surface area contributed by atoms with Gasteiger partial charge in [-0.1, -0.05) is 18.2 Å². The van der Waals surface area contributed by atoms with Gasteiger partial charge in [0.05, 0.1) is 34.9 Å². The van der Waals surface area contributed by atoms with Crippen LogP contribution in [0.1, 0.15) is 17.8 Å². The van der Waals surface area contributed by atoms with Crippen LogP contribution in [0, 0.1) is 13.8 Å². The van der Waals surface area contributed by atoms with Crippen LogP contribution in [0.15, 0.2) is 30.3 Å². The van der Waals surface area contributed by atoms with E-state index < -0.39 is 0 Å². The molecule has 0 unspecified atom stereocenters. The van der Waals surface area contributed by atoms with Crippen LogP contribution >= 0.6 is 0 Å². The largest absolute Gasteiger partial charge is 0.380 e. The first-order valence-electron chi connectivity index (χ1n) is 8.16. The fourth-order valence-corrected chi connectivity index (χ4v) is 3.28. The molecule has 3 rings (SSSR count). The summed E-state index contributed by atoms with van der Waals surface area (Å²) in [6, 6.07) is 9.75. The molecule has 1 saturated heterocycles. The van der Waals surface area contributed by atoms with Crippen molar-refractivity contribution in [3.8, 4) is 5.69 Å². The lowest BCUT2D eigenvalue weighted by atomic mass is 10.1. The number of aromatic nitrogens is 2. The molecule has 0 bridgehead atoms. The SMILES string of the molecule is CO[C@H]1C[C@@H](C(=O)Nc2c(C)nn(-c3ccccc3)c2C)N(C)C1. The van der Waals surface area contributed by atoms with Gasteiger partial charge in [-0.2, -0.15) is 5.10 Å². The molecule has 1 amide bonds. The summed E-state index contributed by atoms with van der Waals surface area (Å²) in [5.74, 6) is -0.00383. The summed E-state index contributed by atoms with van der Waals surface area (Å²) in [5, 5.41) is 7.64. The van der Waals surface area contributed by atoms with Crippen LogP contribution in [-0.4, -0.2) is 53.4 Å². The lowest BCUT2D eigenvalue weighted by molar-refractivity contribution is -0.120. The van der Waals surface area contributed by atoms with Gasteiger partial charge in [-0.15, -0.1) is 0 Å². The number of methoxy groups -OCH3 is 1. The second-order valence-corrected chi connectivity index (χ2v) is 6.33. The number of hydrogen-bond acceptors (Lipinski definition) is 4. The molecule has 24 heavy (non-hydrogen) atoms. The van der Waals surface area contributed by atoms with Gasteiger partial charge in [-0.25, -0.2) is 4.68 Å². The van der Waals surface area contributed by atoms with Crippen molar-refractivity contribution >= 4 is 11.6 Å². The first-order valence-corrected chi connectivity index (χ1v) is 8.16. The van der Waals surface area contributed by atoms with Crippen LogP contribution in [0.25, 0.3) is 5.69 Å². The van der Waals surface area contributed by atoms with E-state index >= 15 is 0 Å². The molecule has 2 atom stereocenters. The number of likely N-dealkylation sites (N-methyl/N-ethyl adjacent to an activating group) is 1. The Hall–Kier alpha value is -2.18. The quantitative estimate of drug-likeness (QED) is 0.934. The third-order valence-corrected chi connectivity index (χ3v) is 4.69. The number of carbonyl (C=O) groups is 1. The molecule has 0 radical (unpaired) electrons. The van der Waals surface area contributed by atoms with Gasteiger partial charge in [0, 0.05) is 13.7 Å². The molecule has 2 heterocycles. The number of ether oxygens (including phenoxy) is 1. The molecular formula is C18H24N4O2. The van der Waals surface area contributed by atoms with Gasteiger partial charge < -0.3 is 10.1 Å². The van der Waals surface area contributed by atoms with Gasteiger partial charge in [0.1, 0.15) is 0 Å². The molecule has 0 aliphatic carbocycles. The first kappa shape index (κ1) is 16.7. The third-order valence-electron chi connectivity index (χ3n) is 4.69. The Balaban J connectivity index is 1.81. The minimum Gasteiger partial charge on any atom is -0.380 e. The second kappa shape index (κ2) is 6.75. The molecular weight excluding hydrogens is 304 g/mol. The molecule has 2 aromatic rings. The highest BCUT2D eigenvalue weighted by molar-refractivity contribution is 5.96. The third kappa shape index (κ3) is 3.07. The van der Waals surface area contributed by atoms with E-state index in [0.717, 1.165) is 29.3 Å². The van der Waals surface area contributed by atoms with Crippen LogP contribution in [0.3, 0.4) is 0 Å². The normalized spacial score (nSPS) is 21.2. The molecule has 0 spiro atoms. The average Bonchev–Trinajstić information content (AvgIpc) is 3.10. The predicted octanol–water partition coefficient (Wildman–Crippen LogP) is 2.15. The van der Waals surface area contributed by atoms with Crippen molar-refractivity contribution in [2.75, 3.05) is 26.0 Å². The lowest BCUT2D eigenvalue weighted by Crippen LogP contribution is -2.37. The van der Waals surface area contributed by atoms with E-state index in [4.69, 9.17) is 4.74 Å². The topological polar surface area (TPSA) is 59.4 Å². The van der Waals surface area contributed by atoms with Gasteiger partial charge in [0.2, 0.25) is 5.91 Å². The number of hydrogen-bond donors (Lipinski definition) is 1.